The Morgan fingerprint density at radius 2 is 1.72 bits per heavy atom. The number of aromatic amines is 1. The molecule has 0 bridgehead atoms. The highest BCUT2D eigenvalue weighted by molar-refractivity contribution is 6.36. The summed E-state index contributed by atoms with van der Waals surface area (Å²) in [5, 5.41) is 0.834. The zero-order valence-corrected chi connectivity index (χ0v) is 19.7. The molecule has 1 fully saturated rings. The SMILES string of the molecule is Cc1ccc(C2c3[nH]c4ccccc4c3C[C@H]3C(=O)N(c4cc(C(F)(F)F)ccc4Cl)C(=O)N23)cc1. The summed E-state index contributed by atoms with van der Waals surface area (Å²) in [6, 6.07) is 15.8. The predicted molar refractivity (Wildman–Crippen MR) is 130 cm³/mol. The van der Waals surface area contributed by atoms with Crippen LogP contribution >= 0.6 is 11.6 Å². The molecule has 2 aliphatic heterocycles. The molecule has 3 heterocycles. The number of halogens is 4. The van der Waals surface area contributed by atoms with Crippen molar-refractivity contribution < 1.29 is 22.8 Å². The van der Waals surface area contributed by atoms with E-state index in [2.05, 4.69) is 4.98 Å². The Hall–Kier alpha value is -3.78. The van der Waals surface area contributed by atoms with Gasteiger partial charge in [-0.1, -0.05) is 59.6 Å². The first-order valence-electron chi connectivity index (χ1n) is 11.3. The summed E-state index contributed by atoms with van der Waals surface area (Å²) in [7, 11) is 0. The van der Waals surface area contributed by atoms with Crippen LogP contribution in [0.1, 0.15) is 34.0 Å². The maximum Gasteiger partial charge on any atom is 0.416 e. The summed E-state index contributed by atoms with van der Waals surface area (Å²) >= 11 is 6.23. The topological polar surface area (TPSA) is 56.4 Å². The van der Waals surface area contributed by atoms with Crippen LogP contribution in [0.25, 0.3) is 10.9 Å². The number of carbonyl (C=O) groups excluding carboxylic acids is 2. The fourth-order valence-electron chi connectivity index (χ4n) is 5.25. The van der Waals surface area contributed by atoms with Crippen LogP contribution in [0.4, 0.5) is 23.7 Å². The van der Waals surface area contributed by atoms with Crippen molar-refractivity contribution in [3.05, 3.63) is 99.7 Å². The number of nitrogens with one attached hydrogen (secondary N) is 1. The van der Waals surface area contributed by atoms with Gasteiger partial charge in [0.05, 0.1) is 16.3 Å². The second-order valence-corrected chi connectivity index (χ2v) is 9.53. The maximum absolute atomic E-state index is 13.8. The molecule has 182 valence electrons. The van der Waals surface area contributed by atoms with Crippen molar-refractivity contribution in [2.24, 2.45) is 0 Å². The number of anilines is 1. The first-order chi connectivity index (χ1) is 17.1. The Kier molecular flexibility index (Phi) is 4.95. The minimum absolute atomic E-state index is 0.111. The van der Waals surface area contributed by atoms with Crippen LogP contribution in [0.3, 0.4) is 0 Å². The normalized spacial score (nSPS) is 19.7. The average Bonchev–Trinajstić information content (AvgIpc) is 3.33. The molecule has 2 atom stereocenters. The highest BCUT2D eigenvalue weighted by Gasteiger charge is 2.53. The van der Waals surface area contributed by atoms with E-state index in [1.54, 1.807) is 0 Å². The number of benzene rings is 3. The number of hydrogen-bond acceptors (Lipinski definition) is 2. The smallest absolute Gasteiger partial charge is 0.356 e. The summed E-state index contributed by atoms with van der Waals surface area (Å²) in [6.45, 7) is 1.95. The van der Waals surface area contributed by atoms with Crippen molar-refractivity contribution in [1.82, 2.24) is 9.88 Å². The van der Waals surface area contributed by atoms with Gasteiger partial charge in [-0.2, -0.15) is 13.2 Å². The van der Waals surface area contributed by atoms with Crippen LogP contribution in [0, 0.1) is 6.92 Å². The Balaban J connectivity index is 1.53. The van der Waals surface area contributed by atoms with E-state index in [4.69, 9.17) is 11.6 Å². The van der Waals surface area contributed by atoms with E-state index in [9.17, 15) is 22.8 Å². The van der Waals surface area contributed by atoms with Crippen LogP contribution in [0.15, 0.2) is 66.7 Å². The van der Waals surface area contributed by atoms with Gasteiger partial charge in [-0.25, -0.2) is 9.69 Å². The lowest BCUT2D eigenvalue weighted by molar-refractivity contribution is -0.137. The molecule has 0 aliphatic carbocycles. The summed E-state index contributed by atoms with van der Waals surface area (Å²) in [4.78, 5) is 33.2. The summed E-state index contributed by atoms with van der Waals surface area (Å²) in [5.74, 6) is -0.603. The number of amides is 3. The quantitative estimate of drug-likeness (QED) is 0.308. The summed E-state index contributed by atoms with van der Waals surface area (Å²) < 4.78 is 40.3. The van der Waals surface area contributed by atoms with Gasteiger partial charge in [0, 0.05) is 23.0 Å². The molecule has 9 heteroatoms. The number of nitrogens with zero attached hydrogens (tertiary/aromatic N) is 2. The van der Waals surface area contributed by atoms with Crippen molar-refractivity contribution in [2.45, 2.75) is 31.6 Å². The highest BCUT2D eigenvalue weighted by atomic mass is 35.5. The number of para-hydroxylation sites is 1. The number of rotatable bonds is 2. The second kappa shape index (κ2) is 7.86. The third-order valence-corrected chi connectivity index (χ3v) is 7.28. The lowest BCUT2D eigenvalue weighted by atomic mass is 9.88. The standard InChI is InChI=1S/C27H19ClF3N3O2/c1-14-6-8-15(9-7-14)24-23-18(17-4-2-3-5-20(17)32-23)13-22-25(35)34(26(36)33(22)24)21-12-16(27(29,30)31)10-11-19(21)28/h2-12,22,24,32H,13H2,1H3/t22-,24?/m0/s1. The summed E-state index contributed by atoms with van der Waals surface area (Å²) in [6.07, 6.45) is -4.42. The fourth-order valence-corrected chi connectivity index (χ4v) is 5.45. The molecule has 1 unspecified atom stereocenters. The van der Waals surface area contributed by atoms with E-state index >= 15 is 0 Å². The van der Waals surface area contributed by atoms with Crippen LogP contribution in [-0.4, -0.2) is 27.9 Å². The number of aryl methyl sites for hydroxylation is 1. The molecule has 0 spiro atoms. The molecule has 6 rings (SSSR count). The molecule has 3 amide bonds. The molecule has 1 saturated heterocycles. The highest BCUT2D eigenvalue weighted by Crippen LogP contribution is 2.46. The minimum Gasteiger partial charge on any atom is -0.356 e. The van der Waals surface area contributed by atoms with E-state index in [0.29, 0.717) is 0 Å². The van der Waals surface area contributed by atoms with Gasteiger partial charge in [-0.05, 0) is 42.3 Å². The average molecular weight is 510 g/mol. The molecule has 0 radical (unpaired) electrons. The molecule has 3 aromatic carbocycles. The number of fused-ring (bicyclic) bond motifs is 4. The van der Waals surface area contributed by atoms with Gasteiger partial charge in [0.2, 0.25) is 0 Å². The zero-order valence-electron chi connectivity index (χ0n) is 18.9. The van der Waals surface area contributed by atoms with Gasteiger partial charge < -0.3 is 4.98 Å². The lowest BCUT2D eigenvalue weighted by Crippen LogP contribution is -2.44. The van der Waals surface area contributed by atoms with E-state index in [-0.39, 0.29) is 17.1 Å². The van der Waals surface area contributed by atoms with Crippen molar-refractivity contribution >= 4 is 40.1 Å². The van der Waals surface area contributed by atoms with Gasteiger partial charge in [-0.15, -0.1) is 0 Å². The van der Waals surface area contributed by atoms with E-state index in [0.717, 1.165) is 56.4 Å². The van der Waals surface area contributed by atoms with E-state index in [1.807, 2.05) is 55.5 Å². The van der Waals surface area contributed by atoms with Crippen LogP contribution in [-0.2, 0) is 17.4 Å². The Morgan fingerprint density at radius 1 is 1.00 bits per heavy atom. The fraction of sp³-hybridized carbons (Fsp3) is 0.185. The maximum atomic E-state index is 13.8. The predicted octanol–water partition coefficient (Wildman–Crippen LogP) is 6.63. The number of alkyl halides is 3. The molecule has 36 heavy (non-hydrogen) atoms. The van der Waals surface area contributed by atoms with E-state index < -0.39 is 35.8 Å². The van der Waals surface area contributed by atoms with Crippen molar-refractivity contribution in [2.75, 3.05) is 4.90 Å². The van der Waals surface area contributed by atoms with Crippen LogP contribution in [0.2, 0.25) is 5.02 Å². The molecular weight excluding hydrogens is 491 g/mol. The molecule has 2 aliphatic rings. The molecule has 1 aromatic heterocycles. The van der Waals surface area contributed by atoms with Gasteiger partial charge in [-0.3, -0.25) is 9.69 Å². The van der Waals surface area contributed by atoms with Crippen LogP contribution < -0.4 is 4.90 Å². The number of imide groups is 1. The number of aromatic nitrogens is 1. The van der Waals surface area contributed by atoms with Gasteiger partial charge in [0.15, 0.2) is 0 Å². The molecule has 5 nitrogen and oxygen atoms in total. The molecular formula is C27H19ClF3N3O2. The number of hydrogen-bond donors (Lipinski definition) is 1. The molecule has 0 saturated carbocycles. The first kappa shape index (κ1) is 22.7. The van der Waals surface area contributed by atoms with Crippen molar-refractivity contribution in [3.63, 3.8) is 0 Å². The zero-order chi connectivity index (χ0) is 25.4. The number of urea groups is 1. The summed E-state index contributed by atoms with van der Waals surface area (Å²) in [5.41, 5.74) is 3.15. The molecule has 1 N–H and O–H groups in total. The van der Waals surface area contributed by atoms with Crippen LogP contribution in [0.5, 0.6) is 0 Å². The Labute approximate surface area is 209 Å². The first-order valence-corrected chi connectivity index (χ1v) is 11.7. The number of carbonyl (C=O) groups is 2. The Bertz CT molecular complexity index is 1540. The molecule has 4 aromatic rings. The minimum atomic E-state index is -4.65. The lowest BCUT2D eigenvalue weighted by Gasteiger charge is -2.36. The van der Waals surface area contributed by atoms with E-state index in [1.165, 1.54) is 4.90 Å². The van der Waals surface area contributed by atoms with Gasteiger partial charge in [0.25, 0.3) is 5.91 Å². The monoisotopic (exact) mass is 509 g/mol. The van der Waals surface area contributed by atoms with Gasteiger partial charge in [0.1, 0.15) is 12.1 Å². The van der Waals surface area contributed by atoms with Crippen molar-refractivity contribution in [1.29, 1.82) is 0 Å². The second-order valence-electron chi connectivity index (χ2n) is 9.12. The third-order valence-electron chi connectivity index (χ3n) is 6.96. The third kappa shape index (κ3) is 3.32. The van der Waals surface area contributed by atoms with Crippen molar-refractivity contribution in [3.8, 4) is 0 Å². The number of H-pyrrole nitrogens is 1. The largest absolute Gasteiger partial charge is 0.416 e. The Morgan fingerprint density at radius 3 is 2.44 bits per heavy atom. The van der Waals surface area contributed by atoms with Gasteiger partial charge >= 0.3 is 12.2 Å².